The van der Waals surface area contributed by atoms with Crippen LogP contribution in [-0.4, -0.2) is 43.8 Å². The highest BCUT2D eigenvalue weighted by atomic mass is 35.5. The molecule has 1 atom stereocenters. The van der Waals surface area contributed by atoms with Gasteiger partial charge in [0.25, 0.3) is 10.0 Å². The average molecular weight is 634 g/mol. The van der Waals surface area contributed by atoms with E-state index in [1.807, 2.05) is 44.2 Å². The summed E-state index contributed by atoms with van der Waals surface area (Å²) in [5.74, 6) is 0.243. The zero-order valence-electron chi connectivity index (χ0n) is 24.9. The Balaban J connectivity index is 1.72. The van der Waals surface area contributed by atoms with Crippen LogP contribution in [-0.2, 0) is 26.2 Å². The summed E-state index contributed by atoms with van der Waals surface area (Å²) in [5.41, 5.74) is 0.901. The molecule has 230 valence electrons. The molecule has 0 fully saturated rings. The fourth-order valence-electron chi connectivity index (χ4n) is 4.66. The number of carbonyl (C=O) groups is 2. The highest BCUT2D eigenvalue weighted by Gasteiger charge is 2.34. The first-order valence-corrected chi connectivity index (χ1v) is 16.2. The molecule has 8 nitrogen and oxygen atoms in total. The number of benzene rings is 4. The van der Waals surface area contributed by atoms with Gasteiger partial charge in [-0.1, -0.05) is 73.1 Å². The third-order valence-corrected chi connectivity index (χ3v) is 8.99. The van der Waals surface area contributed by atoms with Crippen molar-refractivity contribution in [1.29, 1.82) is 0 Å². The van der Waals surface area contributed by atoms with Gasteiger partial charge in [-0.2, -0.15) is 0 Å². The Hall–Kier alpha value is -4.34. The summed E-state index contributed by atoms with van der Waals surface area (Å²) in [6.07, 6.45) is 0.311. The normalized spacial score (nSPS) is 11.9. The number of sulfonamides is 1. The lowest BCUT2D eigenvalue weighted by atomic mass is 10.1. The molecular formula is C34H36ClN3O5S. The minimum absolute atomic E-state index is 0.0195. The maximum absolute atomic E-state index is 14.2. The molecule has 4 rings (SSSR count). The van der Waals surface area contributed by atoms with E-state index in [0.717, 1.165) is 4.31 Å². The van der Waals surface area contributed by atoms with E-state index in [1.165, 1.54) is 17.0 Å². The van der Waals surface area contributed by atoms with Crippen LogP contribution in [0.3, 0.4) is 0 Å². The van der Waals surface area contributed by atoms with E-state index in [9.17, 15) is 18.0 Å². The first-order chi connectivity index (χ1) is 21.1. The number of hydrogen-bond donors (Lipinski definition) is 1. The van der Waals surface area contributed by atoms with Crippen molar-refractivity contribution < 1.29 is 22.7 Å². The van der Waals surface area contributed by atoms with Crippen molar-refractivity contribution in [3.8, 4) is 11.5 Å². The molecule has 10 heteroatoms. The molecule has 0 heterocycles. The molecule has 44 heavy (non-hydrogen) atoms. The molecule has 0 radical (unpaired) electrons. The van der Waals surface area contributed by atoms with Crippen LogP contribution in [0.15, 0.2) is 114 Å². The number of nitrogens with zero attached hydrogens (tertiary/aromatic N) is 2. The van der Waals surface area contributed by atoms with Gasteiger partial charge < -0.3 is 15.0 Å². The first-order valence-electron chi connectivity index (χ1n) is 14.3. The van der Waals surface area contributed by atoms with E-state index in [2.05, 4.69) is 5.32 Å². The van der Waals surface area contributed by atoms with Crippen LogP contribution in [0.25, 0.3) is 0 Å². The summed E-state index contributed by atoms with van der Waals surface area (Å²) in [7, 11) is -4.19. The number of para-hydroxylation sites is 1. The Bertz CT molecular complexity index is 1650. The molecule has 0 aliphatic carbocycles. The van der Waals surface area contributed by atoms with Gasteiger partial charge in [-0.25, -0.2) is 8.42 Å². The standard InChI is InChI=1S/C34H36ClN3O5S/c1-4-32(34(40)36-25(2)3)37(23-26-13-11-12-18-31(26)35)33(39)24-38(44(41,42)30-16-9-6-10-17-30)27-19-21-29(22-20-27)43-28-14-7-5-8-15-28/h5-22,25,32H,4,23-24H2,1-3H3,(H,36,40). The van der Waals surface area contributed by atoms with Crippen LogP contribution in [0, 0.1) is 0 Å². The number of anilines is 1. The zero-order chi connectivity index (χ0) is 31.7. The Kier molecular flexibility index (Phi) is 11.0. The van der Waals surface area contributed by atoms with Crippen molar-refractivity contribution in [2.45, 2.75) is 50.7 Å². The molecule has 0 saturated heterocycles. The van der Waals surface area contributed by atoms with Gasteiger partial charge in [0.1, 0.15) is 24.1 Å². The topological polar surface area (TPSA) is 96.0 Å². The Labute approximate surface area is 264 Å². The average Bonchev–Trinajstić information content (AvgIpc) is 3.01. The Morgan fingerprint density at radius 1 is 0.818 bits per heavy atom. The Morgan fingerprint density at radius 2 is 1.39 bits per heavy atom. The van der Waals surface area contributed by atoms with Crippen molar-refractivity contribution in [1.82, 2.24) is 10.2 Å². The molecule has 2 amide bonds. The predicted molar refractivity (Wildman–Crippen MR) is 173 cm³/mol. The van der Waals surface area contributed by atoms with Gasteiger partial charge in [-0.15, -0.1) is 0 Å². The third-order valence-electron chi connectivity index (χ3n) is 6.83. The van der Waals surface area contributed by atoms with Gasteiger partial charge in [0, 0.05) is 17.6 Å². The van der Waals surface area contributed by atoms with Gasteiger partial charge in [0.15, 0.2) is 0 Å². The Morgan fingerprint density at radius 3 is 1.98 bits per heavy atom. The lowest BCUT2D eigenvalue weighted by Crippen LogP contribution is -2.53. The van der Waals surface area contributed by atoms with Crippen molar-refractivity contribution in [2.75, 3.05) is 10.8 Å². The molecule has 0 saturated carbocycles. The zero-order valence-corrected chi connectivity index (χ0v) is 26.5. The van der Waals surface area contributed by atoms with Crippen molar-refractivity contribution in [3.63, 3.8) is 0 Å². The summed E-state index contributed by atoms with van der Waals surface area (Å²) in [6, 6.07) is 29.6. The molecule has 1 N–H and O–H groups in total. The van der Waals surface area contributed by atoms with Crippen LogP contribution >= 0.6 is 11.6 Å². The van der Waals surface area contributed by atoms with E-state index in [0.29, 0.717) is 28.5 Å². The molecule has 0 spiro atoms. The highest BCUT2D eigenvalue weighted by molar-refractivity contribution is 7.92. The molecule has 0 aliphatic heterocycles. The highest BCUT2D eigenvalue weighted by Crippen LogP contribution is 2.29. The van der Waals surface area contributed by atoms with Crippen molar-refractivity contribution in [2.24, 2.45) is 0 Å². The molecular weight excluding hydrogens is 598 g/mol. The van der Waals surface area contributed by atoms with E-state index in [4.69, 9.17) is 16.3 Å². The van der Waals surface area contributed by atoms with Crippen LogP contribution in [0.1, 0.15) is 32.8 Å². The van der Waals surface area contributed by atoms with Crippen LogP contribution in [0.5, 0.6) is 11.5 Å². The van der Waals surface area contributed by atoms with Crippen LogP contribution in [0.4, 0.5) is 5.69 Å². The third kappa shape index (κ3) is 8.18. The quantitative estimate of drug-likeness (QED) is 0.178. The summed E-state index contributed by atoms with van der Waals surface area (Å²) in [5, 5.41) is 3.32. The second-order valence-corrected chi connectivity index (χ2v) is 12.7. The predicted octanol–water partition coefficient (Wildman–Crippen LogP) is 6.66. The summed E-state index contributed by atoms with van der Waals surface area (Å²) in [6.45, 7) is 4.95. The largest absolute Gasteiger partial charge is 0.457 e. The van der Waals surface area contributed by atoms with Gasteiger partial charge >= 0.3 is 0 Å². The van der Waals surface area contributed by atoms with Crippen molar-refractivity contribution in [3.05, 3.63) is 120 Å². The molecule has 0 aromatic heterocycles. The molecule has 4 aromatic rings. The second kappa shape index (κ2) is 14.9. The summed E-state index contributed by atoms with van der Waals surface area (Å²) < 4.78 is 35.0. The number of ether oxygens (including phenoxy) is 1. The minimum atomic E-state index is -4.19. The minimum Gasteiger partial charge on any atom is -0.457 e. The number of amides is 2. The van der Waals surface area contributed by atoms with Crippen LogP contribution < -0.4 is 14.4 Å². The molecule has 0 aliphatic rings. The fourth-order valence-corrected chi connectivity index (χ4v) is 6.29. The number of halogens is 1. The SMILES string of the molecule is CCC(C(=O)NC(C)C)N(Cc1ccccc1Cl)C(=O)CN(c1ccc(Oc2ccccc2)cc1)S(=O)(=O)c1ccccc1. The molecule has 1 unspecified atom stereocenters. The lowest BCUT2D eigenvalue weighted by Gasteiger charge is -2.33. The number of hydrogen-bond acceptors (Lipinski definition) is 5. The second-order valence-electron chi connectivity index (χ2n) is 10.4. The number of rotatable bonds is 13. The van der Waals surface area contributed by atoms with E-state index < -0.39 is 28.5 Å². The smallest absolute Gasteiger partial charge is 0.264 e. The van der Waals surface area contributed by atoms with Gasteiger partial charge in [0.2, 0.25) is 11.8 Å². The number of nitrogens with one attached hydrogen (secondary N) is 1. The van der Waals surface area contributed by atoms with E-state index in [1.54, 1.807) is 73.7 Å². The van der Waals surface area contributed by atoms with Gasteiger partial charge in [-0.05, 0) is 80.4 Å². The fraction of sp³-hybridized carbons (Fsp3) is 0.235. The number of carbonyl (C=O) groups excluding carboxylic acids is 2. The van der Waals surface area contributed by atoms with E-state index in [-0.39, 0.29) is 29.1 Å². The van der Waals surface area contributed by atoms with Gasteiger partial charge in [-0.3, -0.25) is 13.9 Å². The van der Waals surface area contributed by atoms with E-state index >= 15 is 0 Å². The monoisotopic (exact) mass is 633 g/mol. The maximum Gasteiger partial charge on any atom is 0.264 e. The summed E-state index contributed by atoms with van der Waals surface area (Å²) >= 11 is 6.46. The lowest BCUT2D eigenvalue weighted by molar-refractivity contribution is -0.140. The van der Waals surface area contributed by atoms with Crippen molar-refractivity contribution >= 4 is 39.1 Å². The maximum atomic E-state index is 14.2. The summed E-state index contributed by atoms with van der Waals surface area (Å²) in [4.78, 5) is 28.9. The molecule has 4 aromatic carbocycles. The molecule has 0 bridgehead atoms. The van der Waals surface area contributed by atoms with Gasteiger partial charge in [0.05, 0.1) is 10.6 Å². The first kappa shape index (κ1) is 32.6. The van der Waals surface area contributed by atoms with Crippen LogP contribution in [0.2, 0.25) is 5.02 Å².